The zero-order valence-corrected chi connectivity index (χ0v) is 21.6. The summed E-state index contributed by atoms with van der Waals surface area (Å²) in [5, 5.41) is 0.944. The first-order valence-electron chi connectivity index (χ1n) is 12.2. The molecule has 0 spiro atoms. The van der Waals surface area contributed by atoms with Crippen molar-refractivity contribution >= 4 is 40.6 Å². The number of hydrogen-bond donors (Lipinski definition) is 1. The van der Waals surface area contributed by atoms with Crippen molar-refractivity contribution in [2.45, 2.75) is 22.6 Å². The van der Waals surface area contributed by atoms with Gasteiger partial charge in [0.25, 0.3) is 0 Å². The minimum atomic E-state index is -0.413. The number of H-pyrrole nitrogens is 1. The minimum absolute atomic E-state index is 0.00199. The maximum absolute atomic E-state index is 13.7. The summed E-state index contributed by atoms with van der Waals surface area (Å²) in [5.41, 5.74) is 1.42. The Morgan fingerprint density at radius 3 is 2.35 bits per heavy atom. The van der Waals surface area contributed by atoms with Crippen molar-refractivity contribution in [1.29, 1.82) is 0 Å². The molecule has 0 unspecified atom stereocenters. The van der Waals surface area contributed by atoms with Crippen LogP contribution in [0.2, 0.25) is 0 Å². The number of methoxy groups -OCH3 is 2. The van der Waals surface area contributed by atoms with E-state index >= 15 is 0 Å². The number of amides is 2. The number of anilines is 1. The van der Waals surface area contributed by atoms with Crippen LogP contribution in [0.25, 0.3) is 0 Å². The standard InChI is InChI=1S/C27H23FN2O5S2/c1-34-16-8-3-11(9-17(16)35-2)18-19-14-10-15(22(19)36-24-23(18)37-27(33)29-24)21-20(14)25(31)30(26(21)32)13-6-4-12(28)5-7-13/h3-9,14-15,18-22H,10H2,1-2H3,(H,29,33)/t14-,15+,18-,19+,20+,21+,22-/m0/s1. The van der Waals surface area contributed by atoms with E-state index in [1.807, 2.05) is 18.2 Å². The van der Waals surface area contributed by atoms with E-state index in [4.69, 9.17) is 9.47 Å². The lowest BCUT2D eigenvalue weighted by molar-refractivity contribution is -0.123. The summed E-state index contributed by atoms with van der Waals surface area (Å²) in [6.45, 7) is 0. The van der Waals surface area contributed by atoms with Crippen molar-refractivity contribution in [3.63, 3.8) is 0 Å². The van der Waals surface area contributed by atoms with Crippen LogP contribution in [-0.4, -0.2) is 36.3 Å². The number of carbonyl (C=O) groups excluding carboxylic acids is 2. The highest BCUT2D eigenvalue weighted by Crippen LogP contribution is 2.68. The summed E-state index contributed by atoms with van der Waals surface area (Å²) >= 11 is 2.86. The first-order valence-corrected chi connectivity index (χ1v) is 13.9. The van der Waals surface area contributed by atoms with Gasteiger partial charge in [0.1, 0.15) is 5.82 Å². The van der Waals surface area contributed by atoms with Gasteiger partial charge in [-0.25, -0.2) is 4.39 Å². The predicted molar refractivity (Wildman–Crippen MR) is 137 cm³/mol. The molecule has 4 aliphatic rings. The fourth-order valence-corrected chi connectivity index (χ4v) is 10.2. The molecule has 2 aliphatic heterocycles. The van der Waals surface area contributed by atoms with E-state index in [2.05, 4.69) is 4.98 Å². The van der Waals surface area contributed by atoms with E-state index in [0.717, 1.165) is 21.9 Å². The molecular weight excluding hydrogens is 515 g/mol. The Balaban J connectivity index is 1.32. The SMILES string of the molecule is COc1ccc([C@@H]2c3sc(=O)[nH]c3S[C@H]3[C@@H]4C[C@H]([C@H]5C(=O)N(c6ccc(F)cc6)C(=O)[C@H]45)[C@H]23)cc1OC. The monoisotopic (exact) mass is 538 g/mol. The second-order valence-corrected chi connectivity index (χ2v) is 12.3. The van der Waals surface area contributed by atoms with E-state index in [9.17, 15) is 18.8 Å². The molecule has 10 heteroatoms. The highest BCUT2D eigenvalue weighted by Gasteiger charge is 2.69. The molecule has 0 radical (unpaired) electrons. The maximum atomic E-state index is 13.7. The Morgan fingerprint density at radius 2 is 1.65 bits per heavy atom. The maximum Gasteiger partial charge on any atom is 0.305 e. The highest BCUT2D eigenvalue weighted by molar-refractivity contribution is 8.00. The molecule has 3 fully saturated rings. The van der Waals surface area contributed by atoms with Crippen molar-refractivity contribution in [3.8, 4) is 11.5 Å². The van der Waals surface area contributed by atoms with Gasteiger partial charge in [-0.15, -0.1) is 11.8 Å². The second kappa shape index (κ2) is 8.19. The lowest BCUT2D eigenvalue weighted by Gasteiger charge is -2.43. The summed E-state index contributed by atoms with van der Waals surface area (Å²) < 4.78 is 24.6. The third-order valence-electron chi connectivity index (χ3n) is 8.58. The van der Waals surface area contributed by atoms with Gasteiger partial charge >= 0.3 is 4.87 Å². The molecule has 190 valence electrons. The van der Waals surface area contributed by atoms with Crippen molar-refractivity contribution in [2.24, 2.45) is 29.6 Å². The highest BCUT2D eigenvalue weighted by atomic mass is 32.2. The molecule has 2 bridgehead atoms. The number of hydrogen-bond acceptors (Lipinski definition) is 7. The van der Waals surface area contributed by atoms with Crippen LogP contribution in [0.4, 0.5) is 10.1 Å². The minimum Gasteiger partial charge on any atom is -0.493 e. The summed E-state index contributed by atoms with van der Waals surface area (Å²) in [6, 6.07) is 11.4. The molecule has 37 heavy (non-hydrogen) atoms. The molecule has 3 aromatic rings. The van der Waals surface area contributed by atoms with Crippen LogP contribution in [0.5, 0.6) is 11.5 Å². The van der Waals surface area contributed by atoms with E-state index in [1.165, 1.54) is 40.5 Å². The zero-order valence-electron chi connectivity index (χ0n) is 20.0. The molecule has 7 atom stereocenters. The van der Waals surface area contributed by atoms with Crippen molar-refractivity contribution in [2.75, 3.05) is 19.1 Å². The predicted octanol–water partition coefficient (Wildman–Crippen LogP) is 4.27. The molecular formula is C27H23FN2O5S2. The van der Waals surface area contributed by atoms with E-state index in [-0.39, 0.29) is 45.6 Å². The normalized spacial score (nSPS) is 31.3. The Kier molecular flexibility index (Phi) is 5.10. The van der Waals surface area contributed by atoms with Gasteiger partial charge in [-0.1, -0.05) is 17.4 Å². The summed E-state index contributed by atoms with van der Waals surface area (Å²) in [7, 11) is 3.18. The summed E-state index contributed by atoms with van der Waals surface area (Å²) in [4.78, 5) is 44.9. The molecule has 2 aromatic carbocycles. The van der Waals surface area contributed by atoms with Crippen LogP contribution in [0.15, 0.2) is 52.3 Å². The average molecular weight is 539 g/mol. The number of imide groups is 1. The van der Waals surface area contributed by atoms with Gasteiger partial charge in [-0.05, 0) is 66.1 Å². The van der Waals surface area contributed by atoms with Crippen molar-refractivity contribution in [1.82, 2.24) is 4.98 Å². The smallest absolute Gasteiger partial charge is 0.305 e. The van der Waals surface area contributed by atoms with E-state index in [1.54, 1.807) is 26.0 Å². The van der Waals surface area contributed by atoms with Crippen LogP contribution < -0.4 is 19.2 Å². The number of benzene rings is 2. The lowest BCUT2D eigenvalue weighted by Crippen LogP contribution is -2.42. The Labute approximate surface area is 220 Å². The van der Waals surface area contributed by atoms with E-state index < -0.39 is 17.7 Å². The number of nitrogens with one attached hydrogen (secondary N) is 1. The fourth-order valence-electron chi connectivity index (χ4n) is 7.28. The zero-order chi connectivity index (χ0) is 25.6. The number of nitrogens with zero attached hydrogens (tertiary/aromatic N) is 1. The number of halogens is 1. The van der Waals surface area contributed by atoms with Crippen molar-refractivity contribution in [3.05, 3.63) is 68.4 Å². The summed E-state index contributed by atoms with van der Waals surface area (Å²) in [6.07, 6.45) is 0.801. The van der Waals surface area contributed by atoms with Gasteiger partial charge in [-0.3, -0.25) is 19.3 Å². The molecule has 7 nitrogen and oxygen atoms in total. The van der Waals surface area contributed by atoms with Gasteiger partial charge in [0.15, 0.2) is 11.5 Å². The molecule has 7 rings (SSSR count). The number of rotatable bonds is 4. The Morgan fingerprint density at radius 1 is 0.946 bits per heavy atom. The van der Waals surface area contributed by atoms with Gasteiger partial charge in [-0.2, -0.15) is 0 Å². The van der Waals surface area contributed by atoms with Gasteiger partial charge in [0.05, 0.1) is 36.8 Å². The number of thiazole rings is 1. The van der Waals surface area contributed by atoms with Crippen LogP contribution >= 0.6 is 23.1 Å². The largest absolute Gasteiger partial charge is 0.493 e. The van der Waals surface area contributed by atoms with Gasteiger partial charge < -0.3 is 14.5 Å². The van der Waals surface area contributed by atoms with Crippen LogP contribution in [-0.2, 0) is 9.59 Å². The molecule has 2 aliphatic carbocycles. The topological polar surface area (TPSA) is 88.7 Å². The van der Waals surface area contributed by atoms with Crippen LogP contribution in [0.1, 0.15) is 22.8 Å². The first kappa shape index (κ1) is 23.0. The number of ether oxygens (including phenoxy) is 2. The first-order chi connectivity index (χ1) is 17.9. The number of fused-ring (bicyclic) bond motifs is 9. The number of carbonyl (C=O) groups is 2. The van der Waals surface area contributed by atoms with Crippen molar-refractivity contribution < 1.29 is 23.5 Å². The summed E-state index contributed by atoms with van der Waals surface area (Å²) in [5.74, 6) is -0.394. The fraction of sp³-hybridized carbons (Fsp3) is 0.370. The quantitative estimate of drug-likeness (QED) is 0.499. The second-order valence-electron chi connectivity index (χ2n) is 10.1. The third-order valence-corrected chi connectivity index (χ3v) is 11.2. The lowest BCUT2D eigenvalue weighted by atomic mass is 9.68. The van der Waals surface area contributed by atoms with Crippen LogP contribution in [0.3, 0.4) is 0 Å². The number of aromatic nitrogens is 1. The Hall–Kier alpha value is -3.11. The molecule has 3 heterocycles. The van der Waals surface area contributed by atoms with Crippen LogP contribution in [0, 0.1) is 35.4 Å². The van der Waals surface area contributed by atoms with E-state index in [0.29, 0.717) is 17.2 Å². The molecule has 2 saturated carbocycles. The molecule has 1 saturated heterocycles. The molecule has 1 aromatic heterocycles. The number of aromatic amines is 1. The molecule has 1 N–H and O–H groups in total. The third kappa shape index (κ3) is 3.15. The number of thioether (sulfide) groups is 1. The molecule has 2 amide bonds. The Bertz CT molecular complexity index is 1500. The van der Waals surface area contributed by atoms with Gasteiger partial charge in [0, 0.05) is 16.0 Å². The average Bonchev–Trinajstić information content (AvgIpc) is 3.63. The van der Waals surface area contributed by atoms with Gasteiger partial charge in [0.2, 0.25) is 11.8 Å².